The first-order valence-electron chi connectivity index (χ1n) is 15.1. The number of carboxylic acids is 1. The smallest absolute Gasteiger partial charge is 0.335 e. The van der Waals surface area contributed by atoms with Crippen molar-refractivity contribution in [2.45, 2.75) is 30.9 Å². The number of benzene rings is 3. The van der Waals surface area contributed by atoms with E-state index in [1.165, 1.54) is 13.0 Å². The molecule has 46 heavy (non-hydrogen) atoms. The third-order valence-corrected chi connectivity index (χ3v) is 8.38. The first kappa shape index (κ1) is 34.3. The van der Waals surface area contributed by atoms with E-state index >= 15 is 0 Å². The van der Waals surface area contributed by atoms with Crippen LogP contribution in [0.5, 0.6) is 5.75 Å². The summed E-state index contributed by atoms with van der Waals surface area (Å²) in [6.45, 7) is 3.14. The predicted molar refractivity (Wildman–Crippen MR) is 178 cm³/mol. The van der Waals surface area contributed by atoms with Crippen molar-refractivity contribution >= 4 is 41.1 Å². The molecule has 1 aliphatic rings. The van der Waals surface area contributed by atoms with Crippen LogP contribution in [0.15, 0.2) is 77.7 Å². The number of thioether (sulfide) groups is 1. The minimum Gasteiger partial charge on any atom is -0.487 e. The van der Waals surface area contributed by atoms with E-state index in [0.717, 1.165) is 10.5 Å². The van der Waals surface area contributed by atoms with E-state index in [0.29, 0.717) is 49.6 Å². The molecule has 1 fully saturated rings. The minimum absolute atomic E-state index is 0.0864. The Labute approximate surface area is 273 Å². The van der Waals surface area contributed by atoms with E-state index in [1.807, 2.05) is 24.5 Å². The van der Waals surface area contributed by atoms with Crippen LogP contribution < -0.4 is 20.7 Å². The molecular weight excluding hydrogens is 606 g/mol. The zero-order valence-corrected chi connectivity index (χ0v) is 27.0. The van der Waals surface area contributed by atoms with E-state index in [4.69, 9.17) is 10.5 Å². The number of nitrogens with two attached hydrogens (primary N) is 1. The Kier molecular flexibility index (Phi) is 12.4. The van der Waals surface area contributed by atoms with Gasteiger partial charge in [-0.25, -0.2) is 4.79 Å². The number of carbonyl (C=O) groups excluding carboxylic acids is 3. The van der Waals surface area contributed by atoms with Gasteiger partial charge < -0.3 is 35.6 Å². The molecule has 0 saturated carbocycles. The van der Waals surface area contributed by atoms with Gasteiger partial charge in [0.05, 0.1) is 24.3 Å². The molecule has 0 spiro atoms. The van der Waals surface area contributed by atoms with Gasteiger partial charge in [-0.15, -0.1) is 11.8 Å². The van der Waals surface area contributed by atoms with Crippen LogP contribution in [-0.2, 0) is 27.4 Å². The Balaban J connectivity index is 1.51. The number of para-hydroxylation sites is 2. The van der Waals surface area contributed by atoms with Gasteiger partial charge in [0.15, 0.2) is 0 Å². The lowest BCUT2D eigenvalue weighted by atomic mass is 10.1. The lowest BCUT2D eigenvalue weighted by Crippen LogP contribution is -2.48. The number of carbonyl (C=O) groups is 4. The van der Waals surface area contributed by atoms with Crippen LogP contribution in [0.2, 0.25) is 0 Å². The first-order valence-corrected chi connectivity index (χ1v) is 16.3. The maximum Gasteiger partial charge on any atom is 0.335 e. The fourth-order valence-electron chi connectivity index (χ4n) is 5.25. The van der Waals surface area contributed by atoms with Crippen molar-refractivity contribution in [1.82, 2.24) is 15.1 Å². The average Bonchev–Trinajstić information content (AvgIpc) is 3.25. The topological polar surface area (TPSA) is 146 Å². The Bertz CT molecular complexity index is 1540. The van der Waals surface area contributed by atoms with Gasteiger partial charge in [-0.1, -0.05) is 36.4 Å². The third kappa shape index (κ3) is 9.98. The Morgan fingerprint density at radius 2 is 1.67 bits per heavy atom. The van der Waals surface area contributed by atoms with Gasteiger partial charge in [0, 0.05) is 50.6 Å². The minimum atomic E-state index is -1.03. The molecule has 12 heteroatoms. The molecule has 1 atom stereocenters. The molecular formula is C34H41N5O6S. The molecule has 1 aliphatic heterocycles. The number of carboxylic acid groups (broad SMARTS) is 1. The molecule has 244 valence electrons. The molecule has 4 N–H and O–H groups in total. The molecule has 3 aromatic carbocycles. The van der Waals surface area contributed by atoms with Gasteiger partial charge in [0.2, 0.25) is 17.7 Å². The SMILES string of the molecule is CSc1cccc(CCNC(=O)CN(CC(=O)N2CCN(C(C)=O)CC(N)C2)c2ccccc2OCc2cccc(C(=O)O)c2)c1. The first-order chi connectivity index (χ1) is 22.1. The summed E-state index contributed by atoms with van der Waals surface area (Å²) in [5.41, 5.74) is 8.72. The molecule has 1 heterocycles. The molecule has 4 rings (SSSR count). The van der Waals surface area contributed by atoms with Crippen molar-refractivity contribution in [1.29, 1.82) is 0 Å². The molecule has 0 bridgehead atoms. The number of aromatic carboxylic acids is 1. The van der Waals surface area contributed by atoms with E-state index in [9.17, 15) is 24.3 Å². The fourth-order valence-corrected chi connectivity index (χ4v) is 5.73. The highest BCUT2D eigenvalue weighted by Gasteiger charge is 2.27. The Morgan fingerprint density at radius 3 is 2.43 bits per heavy atom. The summed E-state index contributed by atoms with van der Waals surface area (Å²) in [6.07, 6.45) is 2.68. The number of rotatable bonds is 13. The summed E-state index contributed by atoms with van der Waals surface area (Å²) in [7, 11) is 0. The second kappa shape index (κ2) is 16.7. The number of ether oxygens (including phenoxy) is 1. The second-order valence-corrected chi connectivity index (χ2v) is 12.0. The van der Waals surface area contributed by atoms with Gasteiger partial charge in [0.1, 0.15) is 12.4 Å². The van der Waals surface area contributed by atoms with Crippen LogP contribution in [0.25, 0.3) is 0 Å². The van der Waals surface area contributed by atoms with Crippen LogP contribution in [0, 0.1) is 0 Å². The highest BCUT2D eigenvalue weighted by molar-refractivity contribution is 7.98. The van der Waals surface area contributed by atoms with Crippen LogP contribution in [0.4, 0.5) is 5.69 Å². The van der Waals surface area contributed by atoms with Crippen molar-refractivity contribution in [2.24, 2.45) is 5.73 Å². The quantitative estimate of drug-likeness (QED) is 0.239. The highest BCUT2D eigenvalue weighted by atomic mass is 32.2. The monoisotopic (exact) mass is 647 g/mol. The summed E-state index contributed by atoms with van der Waals surface area (Å²) in [5.74, 6) is -1.18. The van der Waals surface area contributed by atoms with Crippen LogP contribution in [0.3, 0.4) is 0 Å². The normalized spacial score (nSPS) is 14.7. The van der Waals surface area contributed by atoms with Crippen molar-refractivity contribution in [2.75, 3.05) is 57.0 Å². The maximum atomic E-state index is 13.7. The van der Waals surface area contributed by atoms with Crippen molar-refractivity contribution in [3.05, 3.63) is 89.5 Å². The van der Waals surface area contributed by atoms with Crippen LogP contribution in [0.1, 0.15) is 28.4 Å². The third-order valence-electron chi connectivity index (χ3n) is 7.65. The zero-order valence-electron chi connectivity index (χ0n) is 26.2. The summed E-state index contributed by atoms with van der Waals surface area (Å²) in [6, 6.07) is 21.4. The highest BCUT2D eigenvalue weighted by Crippen LogP contribution is 2.29. The lowest BCUT2D eigenvalue weighted by Gasteiger charge is -2.29. The summed E-state index contributed by atoms with van der Waals surface area (Å²) in [5, 5.41) is 12.3. The van der Waals surface area contributed by atoms with Crippen molar-refractivity contribution in [3.63, 3.8) is 0 Å². The fraction of sp³-hybridized carbons (Fsp3) is 0.353. The number of amides is 3. The van der Waals surface area contributed by atoms with Crippen molar-refractivity contribution < 1.29 is 29.0 Å². The molecule has 0 radical (unpaired) electrons. The second-order valence-electron chi connectivity index (χ2n) is 11.1. The predicted octanol–water partition coefficient (Wildman–Crippen LogP) is 2.87. The van der Waals surface area contributed by atoms with Crippen LogP contribution in [-0.4, -0.2) is 96.7 Å². The number of hydrogen-bond acceptors (Lipinski definition) is 8. The van der Waals surface area contributed by atoms with Gasteiger partial charge in [0.25, 0.3) is 0 Å². The molecule has 3 aromatic rings. The van der Waals surface area contributed by atoms with Gasteiger partial charge in [-0.2, -0.15) is 0 Å². The summed E-state index contributed by atoms with van der Waals surface area (Å²) in [4.78, 5) is 56.5. The molecule has 0 aliphatic carbocycles. The maximum absolute atomic E-state index is 13.7. The lowest BCUT2D eigenvalue weighted by molar-refractivity contribution is -0.131. The molecule has 1 unspecified atom stereocenters. The number of nitrogens with one attached hydrogen (secondary N) is 1. The van der Waals surface area contributed by atoms with Gasteiger partial charge >= 0.3 is 5.97 Å². The van der Waals surface area contributed by atoms with E-state index in [1.54, 1.807) is 68.9 Å². The van der Waals surface area contributed by atoms with E-state index < -0.39 is 12.0 Å². The average molecular weight is 648 g/mol. The molecule has 11 nitrogen and oxygen atoms in total. The van der Waals surface area contributed by atoms with E-state index in [-0.39, 0.29) is 49.5 Å². The Morgan fingerprint density at radius 1 is 0.957 bits per heavy atom. The largest absolute Gasteiger partial charge is 0.487 e. The zero-order chi connectivity index (χ0) is 33.1. The molecule has 3 amide bonds. The van der Waals surface area contributed by atoms with E-state index in [2.05, 4.69) is 11.4 Å². The molecule has 1 saturated heterocycles. The van der Waals surface area contributed by atoms with Gasteiger partial charge in [-0.3, -0.25) is 14.4 Å². The van der Waals surface area contributed by atoms with Crippen molar-refractivity contribution in [3.8, 4) is 5.75 Å². The number of hydrogen-bond donors (Lipinski definition) is 3. The number of anilines is 1. The van der Waals surface area contributed by atoms with Crippen LogP contribution >= 0.6 is 11.8 Å². The standard InChI is InChI=1S/C34H41N5O6S/c1-24(40)37-15-16-38(20-28(35)19-37)33(42)22-39(21-32(41)36-14-13-25-7-6-10-29(18-25)46-2)30-11-3-4-12-31(30)45-23-26-8-5-9-27(17-26)34(43)44/h3-12,17-18,28H,13-16,19-23,35H2,1-2H3,(H,36,41)(H,43,44). The van der Waals surface area contributed by atoms with Gasteiger partial charge in [-0.05, 0) is 60.2 Å². The summed E-state index contributed by atoms with van der Waals surface area (Å²) < 4.78 is 6.13. The molecule has 0 aromatic heterocycles. The Hall–Kier alpha value is -4.55. The summed E-state index contributed by atoms with van der Waals surface area (Å²) >= 11 is 1.66. The number of nitrogens with zero attached hydrogens (tertiary/aromatic N) is 3.